The summed E-state index contributed by atoms with van der Waals surface area (Å²) in [6, 6.07) is 5.48. The number of benzene rings is 1. The average molecular weight is 649 g/mol. The Balaban J connectivity index is 1.06. The number of phenolic OH excluding ortho intramolecular Hbond substituents is 1. The van der Waals surface area contributed by atoms with E-state index < -0.39 is 41.8 Å². The Morgan fingerprint density at radius 2 is 1.52 bits per heavy atom. The summed E-state index contributed by atoms with van der Waals surface area (Å²) in [7, 11) is -1.38. The van der Waals surface area contributed by atoms with E-state index in [1.54, 1.807) is 12.1 Å². The largest absolute Gasteiger partial charge is 0.508 e. The van der Waals surface area contributed by atoms with Crippen LogP contribution in [0.25, 0.3) is 0 Å². The van der Waals surface area contributed by atoms with Crippen LogP contribution in [0.3, 0.4) is 0 Å². The summed E-state index contributed by atoms with van der Waals surface area (Å²) in [5.41, 5.74) is 2.20. The summed E-state index contributed by atoms with van der Waals surface area (Å²) in [5, 5.41) is 33.1. The zero-order valence-corrected chi connectivity index (χ0v) is 26.6. The molecule has 10 heteroatoms. The van der Waals surface area contributed by atoms with Gasteiger partial charge in [-0.2, -0.15) is 22.0 Å². The molecule has 3 fully saturated rings. The fraction of sp³-hybridized carbons (Fsp3) is 0.824. The molecule has 0 amide bonds. The van der Waals surface area contributed by atoms with E-state index in [1.165, 1.54) is 5.56 Å². The first-order valence-corrected chi connectivity index (χ1v) is 18.2. The molecular weight excluding hydrogens is 599 g/mol. The molecule has 0 saturated heterocycles. The smallest absolute Gasteiger partial charge is 0.453 e. The summed E-state index contributed by atoms with van der Waals surface area (Å²) in [6.45, 7) is 2.40. The van der Waals surface area contributed by atoms with E-state index in [4.69, 9.17) is 0 Å². The number of unbranched alkanes of at least 4 members (excludes halogenated alkanes) is 6. The standard InChI is InChI=1S/C34H49F5O4S/c1-31-15-13-24-23-12-11-22(40)20-26(23)30(42)25(29(24)27(31)21-28(41)32(31)16-17-32)10-7-5-3-2-4-6-8-18-44(43)19-9-14-33(35,36)34(37,38)39/h11-12,20,24-25,27-30,40-42H,2-10,13-19,21H2,1H3/t24?,25-,27?,28+,29?,30+,31-,44?/m0/s1. The van der Waals surface area contributed by atoms with Crippen LogP contribution in [-0.2, 0) is 10.8 Å². The minimum absolute atomic E-state index is 0.0573. The predicted octanol–water partition coefficient (Wildman–Crippen LogP) is 8.56. The highest BCUT2D eigenvalue weighted by Gasteiger charge is 2.71. The number of alkyl halides is 5. The van der Waals surface area contributed by atoms with Crippen molar-refractivity contribution < 1.29 is 41.5 Å². The summed E-state index contributed by atoms with van der Waals surface area (Å²) in [4.78, 5) is 0. The van der Waals surface area contributed by atoms with E-state index >= 15 is 0 Å². The van der Waals surface area contributed by atoms with E-state index in [0.29, 0.717) is 29.9 Å². The van der Waals surface area contributed by atoms with Gasteiger partial charge in [0.1, 0.15) is 5.75 Å². The van der Waals surface area contributed by atoms with Gasteiger partial charge in [-0.25, -0.2) is 0 Å². The monoisotopic (exact) mass is 648 g/mol. The summed E-state index contributed by atoms with van der Waals surface area (Å²) in [5.74, 6) is -3.23. The van der Waals surface area contributed by atoms with Gasteiger partial charge < -0.3 is 15.3 Å². The highest BCUT2D eigenvalue weighted by molar-refractivity contribution is 7.84. The number of fused-ring (bicyclic) bond motifs is 6. The number of hydrogen-bond acceptors (Lipinski definition) is 4. The van der Waals surface area contributed by atoms with E-state index in [1.807, 2.05) is 6.07 Å². The van der Waals surface area contributed by atoms with Crippen LogP contribution in [-0.4, -0.2) is 49.2 Å². The van der Waals surface area contributed by atoms with E-state index in [9.17, 15) is 41.5 Å². The van der Waals surface area contributed by atoms with E-state index in [2.05, 4.69) is 6.92 Å². The van der Waals surface area contributed by atoms with Crippen LogP contribution in [0.2, 0.25) is 0 Å². The highest BCUT2D eigenvalue weighted by Crippen LogP contribution is 2.76. The molecule has 250 valence electrons. The first-order chi connectivity index (χ1) is 20.7. The van der Waals surface area contributed by atoms with Gasteiger partial charge >= 0.3 is 12.1 Å². The number of aromatic hydroxyl groups is 1. The summed E-state index contributed by atoms with van der Waals surface area (Å²) < 4.78 is 74.7. The Hall–Kier alpha value is -1.26. The second-order valence-electron chi connectivity index (χ2n) is 14.5. The Morgan fingerprint density at radius 3 is 2.18 bits per heavy atom. The molecule has 0 heterocycles. The molecule has 4 aliphatic rings. The van der Waals surface area contributed by atoms with Crippen molar-refractivity contribution in [1.29, 1.82) is 0 Å². The molecule has 5 rings (SSSR count). The zero-order valence-electron chi connectivity index (χ0n) is 25.8. The molecule has 1 aromatic carbocycles. The SMILES string of the molecule is C[C@]12CCC3c4ccc(O)cc4[C@H](O)[C@@H](CCCCCCCCCS(=O)CCCC(F)(F)C(F)(F)F)C3C1C[C@@H](O)C21CC1. The fourth-order valence-corrected chi connectivity index (χ4v) is 10.8. The molecular formula is C34H49F5O4S. The van der Waals surface area contributed by atoms with Crippen LogP contribution in [0.15, 0.2) is 18.2 Å². The Morgan fingerprint density at radius 1 is 0.886 bits per heavy atom. The lowest BCUT2D eigenvalue weighted by Crippen LogP contribution is -2.47. The van der Waals surface area contributed by atoms with Crippen molar-refractivity contribution in [3.63, 3.8) is 0 Å². The predicted molar refractivity (Wildman–Crippen MR) is 161 cm³/mol. The van der Waals surface area contributed by atoms with Gasteiger partial charge in [-0.15, -0.1) is 0 Å². The molecule has 4 aliphatic carbocycles. The van der Waals surface area contributed by atoms with Crippen molar-refractivity contribution in [3.05, 3.63) is 29.3 Å². The van der Waals surface area contributed by atoms with Gasteiger partial charge in [0.15, 0.2) is 0 Å². The number of phenols is 1. The van der Waals surface area contributed by atoms with Gasteiger partial charge in [-0.05, 0) is 104 Å². The van der Waals surface area contributed by atoms with Gasteiger partial charge in [0.2, 0.25) is 0 Å². The van der Waals surface area contributed by atoms with Gasteiger partial charge in [0.05, 0.1) is 12.2 Å². The number of aliphatic hydroxyl groups excluding tert-OH is 2. The van der Waals surface area contributed by atoms with Gasteiger partial charge in [0.25, 0.3) is 0 Å². The molecule has 44 heavy (non-hydrogen) atoms. The third-order valence-corrected chi connectivity index (χ3v) is 13.6. The van der Waals surface area contributed by atoms with E-state index in [0.717, 1.165) is 82.6 Å². The lowest BCUT2D eigenvalue weighted by molar-refractivity contribution is -0.284. The zero-order chi connectivity index (χ0) is 31.9. The molecule has 1 aromatic rings. The third-order valence-electron chi connectivity index (χ3n) is 12.1. The molecule has 1 spiro atoms. The van der Waals surface area contributed by atoms with Crippen molar-refractivity contribution >= 4 is 10.8 Å². The summed E-state index contributed by atoms with van der Waals surface area (Å²) in [6.07, 6.45) is 4.43. The van der Waals surface area contributed by atoms with Crippen LogP contribution in [0.4, 0.5) is 22.0 Å². The molecule has 0 bridgehead atoms. The quantitative estimate of drug-likeness (QED) is 0.140. The Bertz CT molecular complexity index is 1170. The van der Waals surface area contributed by atoms with Crippen LogP contribution >= 0.6 is 0 Å². The first-order valence-electron chi connectivity index (χ1n) is 16.7. The third kappa shape index (κ3) is 6.47. The highest BCUT2D eigenvalue weighted by atomic mass is 32.2. The number of halogens is 5. The normalized spacial score (nSPS) is 33.1. The maximum Gasteiger partial charge on any atom is 0.453 e. The maximum atomic E-state index is 13.0. The van der Waals surface area contributed by atoms with Gasteiger partial charge in [-0.1, -0.05) is 51.5 Å². The molecule has 0 aromatic heterocycles. The number of aliphatic hydroxyl groups is 2. The molecule has 4 nitrogen and oxygen atoms in total. The molecule has 8 atom stereocenters. The van der Waals surface area contributed by atoms with Crippen molar-refractivity contribution in [2.24, 2.45) is 28.6 Å². The van der Waals surface area contributed by atoms with Crippen molar-refractivity contribution in [1.82, 2.24) is 0 Å². The number of hydrogen-bond donors (Lipinski definition) is 3. The maximum absolute atomic E-state index is 13.0. The Labute approximate surface area is 260 Å². The van der Waals surface area contributed by atoms with Crippen LogP contribution in [0.5, 0.6) is 5.75 Å². The molecule has 4 unspecified atom stereocenters. The molecule has 0 radical (unpaired) electrons. The average Bonchev–Trinajstić information content (AvgIpc) is 3.74. The minimum Gasteiger partial charge on any atom is -0.508 e. The van der Waals surface area contributed by atoms with Gasteiger partial charge in [-0.3, -0.25) is 4.21 Å². The van der Waals surface area contributed by atoms with Crippen molar-refractivity contribution in [2.75, 3.05) is 11.5 Å². The molecule has 3 saturated carbocycles. The molecule has 0 aliphatic heterocycles. The van der Waals surface area contributed by atoms with Crippen LogP contribution in [0.1, 0.15) is 126 Å². The lowest BCUT2D eigenvalue weighted by Gasteiger charge is -2.55. The van der Waals surface area contributed by atoms with Gasteiger partial charge in [0, 0.05) is 34.1 Å². The molecule has 3 N–H and O–H groups in total. The van der Waals surface area contributed by atoms with E-state index in [-0.39, 0.29) is 34.4 Å². The summed E-state index contributed by atoms with van der Waals surface area (Å²) >= 11 is 0. The second-order valence-corrected chi connectivity index (χ2v) is 16.2. The first kappa shape index (κ1) is 34.1. The van der Waals surface area contributed by atoms with Crippen molar-refractivity contribution in [2.45, 2.75) is 133 Å². The second kappa shape index (κ2) is 13.1. The van der Waals surface area contributed by atoms with Crippen LogP contribution < -0.4 is 0 Å². The fourth-order valence-electron chi connectivity index (χ4n) is 9.59. The number of rotatable bonds is 14. The minimum atomic E-state index is -5.56. The van der Waals surface area contributed by atoms with Crippen molar-refractivity contribution in [3.8, 4) is 5.75 Å². The lowest BCUT2D eigenvalue weighted by atomic mass is 9.50. The topological polar surface area (TPSA) is 77.8 Å². The van der Waals surface area contributed by atoms with Crippen LogP contribution in [0, 0.1) is 28.6 Å². The Kier molecular flexibility index (Phi) is 10.1.